The van der Waals surface area contributed by atoms with Crippen molar-refractivity contribution in [2.45, 2.75) is 26.3 Å². The Morgan fingerprint density at radius 1 is 1.55 bits per heavy atom. The minimum Gasteiger partial charge on any atom is -0.465 e. The van der Waals surface area contributed by atoms with Gasteiger partial charge in [-0.2, -0.15) is 5.26 Å². The molecule has 0 aliphatic carbocycles. The standard InChI is InChI=1S/C15H16N2O3/c1-4-9(2)17-14-12(8-16)11-7-10(15(18)19-3)5-6-13(11)20-14/h5-7,9,17H,4H2,1-3H3. The number of anilines is 1. The van der Waals surface area contributed by atoms with E-state index in [0.29, 0.717) is 28.0 Å². The van der Waals surface area contributed by atoms with Gasteiger partial charge in [0.2, 0.25) is 5.88 Å². The number of nitriles is 1. The van der Waals surface area contributed by atoms with Crippen LogP contribution in [0, 0.1) is 11.3 Å². The molecule has 0 saturated heterocycles. The molecule has 1 heterocycles. The Labute approximate surface area is 117 Å². The van der Waals surface area contributed by atoms with E-state index in [0.717, 1.165) is 6.42 Å². The van der Waals surface area contributed by atoms with E-state index in [4.69, 9.17) is 4.42 Å². The van der Waals surface area contributed by atoms with Crippen LogP contribution < -0.4 is 5.32 Å². The highest BCUT2D eigenvalue weighted by atomic mass is 16.5. The summed E-state index contributed by atoms with van der Waals surface area (Å²) in [6.07, 6.45) is 0.912. The second-order valence-corrected chi connectivity index (χ2v) is 4.57. The van der Waals surface area contributed by atoms with Crippen LogP contribution in [0.2, 0.25) is 0 Å². The molecule has 0 amide bonds. The van der Waals surface area contributed by atoms with Crippen molar-refractivity contribution in [2.24, 2.45) is 0 Å². The number of hydrogen-bond donors (Lipinski definition) is 1. The minimum absolute atomic E-state index is 0.197. The van der Waals surface area contributed by atoms with Crippen molar-refractivity contribution in [3.05, 3.63) is 29.3 Å². The number of hydrogen-bond acceptors (Lipinski definition) is 5. The third-order valence-corrected chi connectivity index (χ3v) is 3.21. The summed E-state index contributed by atoms with van der Waals surface area (Å²) in [6.45, 7) is 4.05. The molecule has 0 bridgehead atoms. The number of ether oxygens (including phenoxy) is 1. The fraction of sp³-hybridized carbons (Fsp3) is 0.333. The summed E-state index contributed by atoms with van der Waals surface area (Å²) in [5.41, 5.74) is 1.37. The van der Waals surface area contributed by atoms with Gasteiger partial charge in [-0.15, -0.1) is 0 Å². The fourth-order valence-corrected chi connectivity index (χ4v) is 1.88. The molecule has 0 saturated carbocycles. The lowest BCUT2D eigenvalue weighted by molar-refractivity contribution is 0.0601. The third-order valence-electron chi connectivity index (χ3n) is 3.21. The fourth-order valence-electron chi connectivity index (χ4n) is 1.88. The number of nitrogens with zero attached hydrogens (tertiary/aromatic N) is 1. The number of nitrogens with one attached hydrogen (secondary N) is 1. The third kappa shape index (κ3) is 2.45. The maximum absolute atomic E-state index is 11.5. The Hall–Kier alpha value is -2.48. The van der Waals surface area contributed by atoms with Crippen LogP contribution in [0.5, 0.6) is 0 Å². The molecule has 0 spiro atoms. The molecule has 2 aromatic rings. The van der Waals surface area contributed by atoms with Crippen LogP contribution in [-0.2, 0) is 4.74 Å². The molecule has 1 unspecified atom stereocenters. The normalized spacial score (nSPS) is 11.9. The van der Waals surface area contributed by atoms with E-state index in [2.05, 4.69) is 16.1 Å². The summed E-state index contributed by atoms with van der Waals surface area (Å²) >= 11 is 0. The first-order chi connectivity index (χ1) is 9.60. The number of fused-ring (bicyclic) bond motifs is 1. The monoisotopic (exact) mass is 272 g/mol. The van der Waals surface area contributed by atoms with Crippen LogP contribution >= 0.6 is 0 Å². The molecule has 5 nitrogen and oxygen atoms in total. The highest BCUT2D eigenvalue weighted by molar-refractivity contribution is 5.97. The molecule has 0 radical (unpaired) electrons. The second kappa shape index (κ2) is 5.66. The Bertz CT molecular complexity index is 682. The van der Waals surface area contributed by atoms with Gasteiger partial charge in [0.1, 0.15) is 17.2 Å². The van der Waals surface area contributed by atoms with E-state index >= 15 is 0 Å². The molecule has 0 aliphatic rings. The average Bonchev–Trinajstić information content (AvgIpc) is 2.82. The number of esters is 1. The quantitative estimate of drug-likeness (QED) is 0.864. The summed E-state index contributed by atoms with van der Waals surface area (Å²) in [7, 11) is 1.32. The molecular weight excluding hydrogens is 256 g/mol. The van der Waals surface area contributed by atoms with Gasteiger partial charge in [0.05, 0.1) is 12.7 Å². The van der Waals surface area contributed by atoms with Gasteiger partial charge < -0.3 is 14.5 Å². The van der Waals surface area contributed by atoms with Crippen LogP contribution in [0.25, 0.3) is 11.0 Å². The molecule has 20 heavy (non-hydrogen) atoms. The molecule has 1 N–H and O–H groups in total. The van der Waals surface area contributed by atoms with E-state index in [9.17, 15) is 10.1 Å². The lowest BCUT2D eigenvalue weighted by Gasteiger charge is -2.09. The summed E-state index contributed by atoms with van der Waals surface area (Å²) in [5.74, 6) is 0.00675. The van der Waals surface area contributed by atoms with Crippen LogP contribution in [0.15, 0.2) is 22.6 Å². The van der Waals surface area contributed by atoms with Gasteiger partial charge in [0.25, 0.3) is 0 Å². The number of methoxy groups -OCH3 is 1. The summed E-state index contributed by atoms with van der Waals surface area (Å²) in [5, 5.41) is 13.1. The molecule has 104 valence electrons. The van der Waals surface area contributed by atoms with Crippen molar-refractivity contribution in [1.29, 1.82) is 5.26 Å². The van der Waals surface area contributed by atoms with Crippen molar-refractivity contribution in [1.82, 2.24) is 0 Å². The molecule has 1 atom stereocenters. The van der Waals surface area contributed by atoms with E-state index in [1.165, 1.54) is 7.11 Å². The van der Waals surface area contributed by atoms with Crippen LogP contribution in [0.3, 0.4) is 0 Å². The zero-order valence-electron chi connectivity index (χ0n) is 11.7. The number of rotatable bonds is 4. The molecule has 0 aliphatic heterocycles. The highest BCUT2D eigenvalue weighted by Gasteiger charge is 2.17. The topological polar surface area (TPSA) is 75.3 Å². The lowest BCUT2D eigenvalue weighted by atomic mass is 10.1. The Kier molecular flexibility index (Phi) is 3.94. The van der Waals surface area contributed by atoms with Crippen molar-refractivity contribution in [3.8, 4) is 6.07 Å². The maximum Gasteiger partial charge on any atom is 0.337 e. The van der Waals surface area contributed by atoms with Gasteiger partial charge in [-0.3, -0.25) is 0 Å². The average molecular weight is 272 g/mol. The Morgan fingerprint density at radius 2 is 2.30 bits per heavy atom. The largest absolute Gasteiger partial charge is 0.465 e. The maximum atomic E-state index is 11.5. The Morgan fingerprint density at radius 3 is 2.90 bits per heavy atom. The predicted octanol–water partition coefficient (Wildman–Crippen LogP) is 3.30. The molecular formula is C15H16N2O3. The highest BCUT2D eigenvalue weighted by Crippen LogP contribution is 2.31. The molecule has 1 aromatic heterocycles. The number of carbonyl (C=O) groups is 1. The first kappa shape index (κ1) is 13.9. The molecule has 1 aromatic carbocycles. The van der Waals surface area contributed by atoms with Gasteiger partial charge in [0.15, 0.2) is 0 Å². The van der Waals surface area contributed by atoms with Crippen molar-refractivity contribution < 1.29 is 13.9 Å². The number of furan rings is 1. The Balaban J connectivity index is 2.52. The van der Waals surface area contributed by atoms with Gasteiger partial charge in [0, 0.05) is 11.4 Å². The molecule has 5 heteroatoms. The predicted molar refractivity (Wildman–Crippen MR) is 75.6 cm³/mol. The van der Waals surface area contributed by atoms with Crippen LogP contribution in [0.1, 0.15) is 36.2 Å². The van der Waals surface area contributed by atoms with E-state index < -0.39 is 5.97 Å². The van der Waals surface area contributed by atoms with Gasteiger partial charge in [-0.25, -0.2) is 4.79 Å². The van der Waals surface area contributed by atoms with E-state index in [1.807, 2.05) is 13.8 Å². The second-order valence-electron chi connectivity index (χ2n) is 4.57. The first-order valence-electron chi connectivity index (χ1n) is 6.42. The number of carbonyl (C=O) groups excluding carboxylic acids is 1. The summed E-state index contributed by atoms with van der Waals surface area (Å²) in [4.78, 5) is 11.5. The first-order valence-corrected chi connectivity index (χ1v) is 6.42. The van der Waals surface area contributed by atoms with Crippen molar-refractivity contribution in [2.75, 3.05) is 12.4 Å². The van der Waals surface area contributed by atoms with Gasteiger partial charge in [-0.05, 0) is 31.5 Å². The van der Waals surface area contributed by atoms with Gasteiger partial charge in [-0.1, -0.05) is 6.92 Å². The lowest BCUT2D eigenvalue weighted by Crippen LogP contribution is -2.13. The molecule has 2 rings (SSSR count). The van der Waals surface area contributed by atoms with Gasteiger partial charge >= 0.3 is 5.97 Å². The smallest absolute Gasteiger partial charge is 0.337 e. The van der Waals surface area contributed by atoms with Crippen LogP contribution in [0.4, 0.5) is 5.88 Å². The van der Waals surface area contributed by atoms with Crippen molar-refractivity contribution in [3.63, 3.8) is 0 Å². The minimum atomic E-state index is -0.437. The van der Waals surface area contributed by atoms with E-state index in [-0.39, 0.29) is 6.04 Å². The van der Waals surface area contributed by atoms with Crippen LogP contribution in [-0.4, -0.2) is 19.1 Å². The zero-order valence-corrected chi connectivity index (χ0v) is 11.7. The number of benzene rings is 1. The van der Waals surface area contributed by atoms with E-state index in [1.54, 1.807) is 18.2 Å². The molecule has 0 fully saturated rings. The SMILES string of the molecule is CCC(C)Nc1oc2ccc(C(=O)OC)cc2c1C#N. The van der Waals surface area contributed by atoms with Crippen molar-refractivity contribution >= 4 is 22.8 Å². The summed E-state index contributed by atoms with van der Waals surface area (Å²) in [6, 6.07) is 7.22. The summed E-state index contributed by atoms with van der Waals surface area (Å²) < 4.78 is 10.3. The zero-order chi connectivity index (χ0) is 14.7.